The highest BCUT2D eigenvalue weighted by atomic mass is 19.3. The molecule has 34 heavy (non-hydrogen) atoms. The lowest BCUT2D eigenvalue weighted by Gasteiger charge is -2.42. The lowest BCUT2D eigenvalue weighted by Crippen LogP contribution is -2.57. The van der Waals surface area contributed by atoms with Crippen molar-refractivity contribution in [2.24, 2.45) is 0 Å². The van der Waals surface area contributed by atoms with E-state index in [1.807, 2.05) is 18.4 Å². The van der Waals surface area contributed by atoms with Crippen molar-refractivity contribution in [3.63, 3.8) is 0 Å². The molecule has 0 radical (unpaired) electrons. The molecular weight excluding hydrogens is 452 g/mol. The zero-order chi connectivity index (χ0) is 24.3. The molecule has 5 rings (SSSR count). The van der Waals surface area contributed by atoms with Crippen molar-refractivity contribution >= 4 is 16.9 Å². The van der Waals surface area contributed by atoms with E-state index in [2.05, 4.69) is 9.97 Å². The van der Waals surface area contributed by atoms with Crippen LogP contribution in [-0.4, -0.2) is 86.6 Å². The van der Waals surface area contributed by atoms with Gasteiger partial charge in [-0.15, -0.1) is 0 Å². The number of aliphatic hydroxyl groups excluding tert-OH is 1. The SMILES string of the molecule is CCOC(O)C1CCC(F)(F)CN1C[C@H]1O[C@@H](n2ccc3c(N)ncnc32)[C@@H]2OC(C)(C)O[C@@H]21. The number of nitrogens with zero attached hydrogens (tertiary/aromatic N) is 4. The second-order valence-corrected chi connectivity index (χ2v) is 9.59. The number of anilines is 1. The summed E-state index contributed by atoms with van der Waals surface area (Å²) in [4.78, 5) is 9.93. The van der Waals surface area contributed by atoms with Gasteiger partial charge >= 0.3 is 0 Å². The number of alkyl halides is 2. The van der Waals surface area contributed by atoms with Crippen LogP contribution in [0, 0.1) is 0 Å². The Morgan fingerprint density at radius 3 is 2.82 bits per heavy atom. The van der Waals surface area contributed by atoms with Crippen LogP contribution in [0.1, 0.15) is 39.8 Å². The Kier molecular flexibility index (Phi) is 6.02. The fraction of sp³-hybridized carbons (Fsp3) is 0.727. The summed E-state index contributed by atoms with van der Waals surface area (Å²) in [6.45, 7) is 5.28. The van der Waals surface area contributed by atoms with Crippen molar-refractivity contribution in [1.29, 1.82) is 0 Å². The van der Waals surface area contributed by atoms with Gasteiger partial charge in [-0.3, -0.25) is 4.90 Å². The van der Waals surface area contributed by atoms with E-state index in [9.17, 15) is 13.9 Å². The van der Waals surface area contributed by atoms with Crippen molar-refractivity contribution in [3.8, 4) is 0 Å². The average Bonchev–Trinajstić information content (AvgIpc) is 3.40. The van der Waals surface area contributed by atoms with Crippen molar-refractivity contribution in [2.45, 2.75) is 82.2 Å². The molecule has 3 aliphatic rings. The summed E-state index contributed by atoms with van der Waals surface area (Å²) >= 11 is 0. The third-order valence-corrected chi connectivity index (χ3v) is 6.73. The number of ether oxygens (including phenoxy) is 4. The van der Waals surface area contributed by atoms with E-state index in [1.165, 1.54) is 6.33 Å². The van der Waals surface area contributed by atoms with E-state index < -0.39 is 55.1 Å². The second-order valence-electron chi connectivity index (χ2n) is 9.59. The summed E-state index contributed by atoms with van der Waals surface area (Å²) in [5, 5.41) is 11.2. The van der Waals surface area contributed by atoms with E-state index in [1.54, 1.807) is 24.1 Å². The van der Waals surface area contributed by atoms with Gasteiger partial charge in [-0.1, -0.05) is 0 Å². The summed E-state index contributed by atoms with van der Waals surface area (Å²) < 4.78 is 54.6. The van der Waals surface area contributed by atoms with E-state index in [0.29, 0.717) is 16.9 Å². The van der Waals surface area contributed by atoms with Crippen LogP contribution in [0.25, 0.3) is 11.0 Å². The quantitative estimate of drug-likeness (QED) is 0.594. The zero-order valence-corrected chi connectivity index (χ0v) is 19.4. The molecule has 3 saturated heterocycles. The minimum atomic E-state index is -2.86. The van der Waals surface area contributed by atoms with Gasteiger partial charge in [0.25, 0.3) is 5.92 Å². The van der Waals surface area contributed by atoms with Gasteiger partial charge in [0.15, 0.2) is 18.3 Å². The highest BCUT2D eigenvalue weighted by Gasteiger charge is 2.57. The topological polar surface area (TPSA) is 117 Å². The normalized spacial score (nSPS) is 33.9. The maximum Gasteiger partial charge on any atom is 0.260 e. The van der Waals surface area contributed by atoms with E-state index in [-0.39, 0.29) is 26.0 Å². The molecule has 2 aromatic heterocycles. The van der Waals surface area contributed by atoms with Gasteiger partial charge in [0.2, 0.25) is 0 Å². The van der Waals surface area contributed by atoms with Crippen LogP contribution in [0.2, 0.25) is 0 Å². The molecule has 6 atom stereocenters. The van der Waals surface area contributed by atoms with Crippen molar-refractivity contribution < 1.29 is 32.8 Å². The van der Waals surface area contributed by atoms with Gasteiger partial charge < -0.3 is 34.4 Å². The van der Waals surface area contributed by atoms with Crippen LogP contribution in [0.4, 0.5) is 14.6 Å². The monoisotopic (exact) mass is 483 g/mol. The Hall–Kier alpha value is -1.96. The molecule has 3 N–H and O–H groups in total. The standard InChI is InChI=1S/C22H31F2N5O5/c1-4-31-20(30)13-5-7-22(23,24)10-28(13)9-14-15-16(34-21(2,3)33-15)19(32-14)29-8-6-12-17(25)26-11-27-18(12)29/h6,8,11,13-16,19-20,30H,4-5,7,9-10H2,1-3H3,(H2,25,26,27)/t13?,14-,15-,16-,19-,20?/m1/s1. The number of aliphatic hydroxyl groups is 1. The Morgan fingerprint density at radius 1 is 1.29 bits per heavy atom. The molecule has 2 unspecified atom stereocenters. The van der Waals surface area contributed by atoms with Gasteiger partial charge in [0.05, 0.1) is 18.0 Å². The maximum atomic E-state index is 14.4. The first kappa shape index (κ1) is 23.8. The number of piperidine rings is 1. The summed E-state index contributed by atoms with van der Waals surface area (Å²) in [6, 6.07) is 1.23. The number of halogens is 2. The van der Waals surface area contributed by atoms with Gasteiger partial charge in [-0.05, 0) is 33.3 Å². The zero-order valence-electron chi connectivity index (χ0n) is 19.4. The Balaban J connectivity index is 1.43. The van der Waals surface area contributed by atoms with Crippen LogP contribution in [0.15, 0.2) is 18.6 Å². The molecule has 3 fully saturated rings. The summed E-state index contributed by atoms with van der Waals surface area (Å²) in [5.74, 6) is -3.39. The molecule has 5 heterocycles. The molecule has 3 aliphatic heterocycles. The van der Waals surface area contributed by atoms with E-state index >= 15 is 0 Å². The number of hydrogen-bond donors (Lipinski definition) is 2. The molecule has 0 spiro atoms. The summed E-state index contributed by atoms with van der Waals surface area (Å²) in [6.07, 6.45) is -0.373. The Labute approximate surface area is 195 Å². The van der Waals surface area contributed by atoms with E-state index in [4.69, 9.17) is 24.7 Å². The fourth-order valence-electron chi connectivity index (χ4n) is 5.30. The third kappa shape index (κ3) is 4.27. The number of rotatable bonds is 6. The number of likely N-dealkylation sites (tertiary alicyclic amines) is 1. The third-order valence-electron chi connectivity index (χ3n) is 6.73. The molecule has 0 aromatic carbocycles. The molecule has 188 valence electrons. The molecule has 10 nitrogen and oxygen atoms in total. The predicted molar refractivity (Wildman–Crippen MR) is 117 cm³/mol. The summed E-state index contributed by atoms with van der Waals surface area (Å²) in [5.41, 5.74) is 6.57. The first-order valence-corrected chi connectivity index (χ1v) is 11.6. The van der Waals surface area contributed by atoms with Crippen LogP contribution < -0.4 is 5.73 Å². The number of fused-ring (bicyclic) bond motifs is 2. The lowest BCUT2D eigenvalue weighted by atomic mass is 9.97. The second kappa shape index (κ2) is 8.61. The Morgan fingerprint density at radius 2 is 2.06 bits per heavy atom. The highest BCUT2D eigenvalue weighted by molar-refractivity contribution is 5.86. The molecule has 12 heteroatoms. The smallest absolute Gasteiger partial charge is 0.260 e. The minimum absolute atomic E-state index is 0.111. The number of hydrogen-bond acceptors (Lipinski definition) is 9. The van der Waals surface area contributed by atoms with Crippen molar-refractivity contribution in [2.75, 3.05) is 25.4 Å². The minimum Gasteiger partial charge on any atom is -0.383 e. The fourth-order valence-corrected chi connectivity index (χ4v) is 5.30. The van der Waals surface area contributed by atoms with Crippen molar-refractivity contribution in [3.05, 3.63) is 18.6 Å². The molecule has 0 amide bonds. The van der Waals surface area contributed by atoms with Gasteiger partial charge in [-0.25, -0.2) is 18.7 Å². The molecular formula is C22H31F2N5O5. The number of aromatic nitrogens is 3. The number of nitrogen functional groups attached to an aromatic ring is 1. The van der Waals surface area contributed by atoms with Gasteiger partial charge in [-0.2, -0.15) is 0 Å². The van der Waals surface area contributed by atoms with Crippen LogP contribution in [-0.2, 0) is 18.9 Å². The highest BCUT2D eigenvalue weighted by Crippen LogP contribution is 2.45. The van der Waals surface area contributed by atoms with Crippen LogP contribution in [0.3, 0.4) is 0 Å². The molecule has 2 aromatic rings. The van der Waals surface area contributed by atoms with Gasteiger partial charge in [0, 0.05) is 25.8 Å². The first-order valence-electron chi connectivity index (χ1n) is 11.6. The van der Waals surface area contributed by atoms with Crippen molar-refractivity contribution in [1.82, 2.24) is 19.4 Å². The average molecular weight is 484 g/mol. The Bertz CT molecular complexity index is 1040. The van der Waals surface area contributed by atoms with E-state index in [0.717, 1.165) is 0 Å². The largest absolute Gasteiger partial charge is 0.383 e. The predicted octanol–water partition coefficient (Wildman–Crippen LogP) is 1.89. The van der Waals surface area contributed by atoms with Crippen LogP contribution in [0.5, 0.6) is 0 Å². The molecule has 0 saturated carbocycles. The maximum absolute atomic E-state index is 14.4. The molecule has 0 bridgehead atoms. The summed E-state index contributed by atoms with van der Waals surface area (Å²) in [7, 11) is 0. The molecule has 0 aliphatic carbocycles. The van der Waals surface area contributed by atoms with Gasteiger partial charge in [0.1, 0.15) is 36.1 Å². The van der Waals surface area contributed by atoms with Crippen LogP contribution >= 0.6 is 0 Å². The first-order chi connectivity index (χ1) is 16.1. The number of nitrogens with two attached hydrogens (primary N) is 1. The lowest BCUT2D eigenvalue weighted by molar-refractivity contribution is -0.209.